The molecule has 126 valence electrons. The molecule has 1 fully saturated rings. The van der Waals surface area contributed by atoms with Crippen molar-refractivity contribution in [3.05, 3.63) is 48.7 Å². The van der Waals surface area contributed by atoms with Crippen LogP contribution in [-0.4, -0.2) is 48.6 Å². The largest absolute Gasteiger partial charge is 0.368 e. The number of hydrogen-bond donors (Lipinski definition) is 2. The van der Waals surface area contributed by atoms with Crippen LogP contribution in [0.4, 0.5) is 22.0 Å². The van der Waals surface area contributed by atoms with Crippen molar-refractivity contribution in [3.63, 3.8) is 0 Å². The normalized spacial score (nSPS) is 15.1. The number of nitrogens with zero attached hydrogens (tertiary/aromatic N) is 3. The second-order valence-corrected chi connectivity index (χ2v) is 5.77. The molecule has 6 heteroatoms. The zero-order valence-corrected chi connectivity index (χ0v) is 13.9. The summed E-state index contributed by atoms with van der Waals surface area (Å²) in [5.74, 6) is 0.541. The van der Waals surface area contributed by atoms with Gasteiger partial charge in [0.1, 0.15) is 5.82 Å². The Labute approximate surface area is 142 Å². The molecule has 24 heavy (non-hydrogen) atoms. The van der Waals surface area contributed by atoms with E-state index in [0.29, 0.717) is 5.82 Å². The van der Waals surface area contributed by atoms with Crippen LogP contribution in [0, 0.1) is 0 Å². The van der Waals surface area contributed by atoms with E-state index in [1.807, 2.05) is 48.7 Å². The van der Waals surface area contributed by atoms with Crippen LogP contribution in [0.25, 0.3) is 0 Å². The average Bonchev–Trinajstić information content (AvgIpc) is 2.63. The Kier molecular flexibility index (Phi) is 5.28. The number of carbonyl (C=O) groups is 1. The predicted molar refractivity (Wildman–Crippen MR) is 97.6 cm³/mol. The minimum absolute atomic E-state index is 0.294. The van der Waals surface area contributed by atoms with Gasteiger partial charge in [-0.25, -0.2) is 9.78 Å². The molecule has 1 aromatic carbocycles. The van der Waals surface area contributed by atoms with Gasteiger partial charge in [0.2, 0.25) is 0 Å². The minimum Gasteiger partial charge on any atom is -0.368 e. The van der Waals surface area contributed by atoms with Crippen LogP contribution >= 0.6 is 0 Å². The van der Waals surface area contributed by atoms with Gasteiger partial charge >= 0.3 is 6.03 Å². The van der Waals surface area contributed by atoms with Gasteiger partial charge in [-0.15, -0.1) is 0 Å². The second-order valence-electron chi connectivity index (χ2n) is 5.77. The number of rotatable bonds is 4. The van der Waals surface area contributed by atoms with E-state index in [0.717, 1.165) is 44.1 Å². The number of pyridine rings is 1. The SMILES string of the molecule is CCN1CCN(c2ccc(NC(=O)Nc3ccccc3)nc2)CC1. The highest BCUT2D eigenvalue weighted by Crippen LogP contribution is 2.17. The molecule has 2 N–H and O–H groups in total. The molecular weight excluding hydrogens is 302 g/mol. The van der Waals surface area contributed by atoms with Crippen LogP contribution in [0.5, 0.6) is 0 Å². The molecule has 1 aliphatic rings. The Morgan fingerprint density at radius 2 is 1.79 bits per heavy atom. The second kappa shape index (κ2) is 7.79. The molecule has 0 atom stereocenters. The standard InChI is InChI=1S/C18H23N5O/c1-2-22-10-12-23(13-11-22)16-8-9-17(19-14-16)21-18(24)20-15-6-4-3-5-7-15/h3-9,14H,2,10-13H2,1H3,(H2,19,20,21,24). The summed E-state index contributed by atoms with van der Waals surface area (Å²) in [6.07, 6.45) is 1.82. The van der Waals surface area contributed by atoms with E-state index in [4.69, 9.17) is 0 Å². The summed E-state index contributed by atoms with van der Waals surface area (Å²) < 4.78 is 0. The summed E-state index contributed by atoms with van der Waals surface area (Å²) in [6, 6.07) is 12.9. The predicted octanol–water partition coefficient (Wildman–Crippen LogP) is 2.87. The van der Waals surface area contributed by atoms with E-state index in [1.54, 1.807) is 0 Å². The lowest BCUT2D eigenvalue weighted by molar-refractivity contribution is 0.262. The molecule has 1 aromatic heterocycles. The maximum atomic E-state index is 12.0. The first-order valence-corrected chi connectivity index (χ1v) is 8.31. The number of anilines is 3. The van der Waals surface area contributed by atoms with Crippen molar-refractivity contribution in [1.29, 1.82) is 0 Å². The monoisotopic (exact) mass is 325 g/mol. The van der Waals surface area contributed by atoms with Crippen molar-refractivity contribution in [2.45, 2.75) is 6.92 Å². The van der Waals surface area contributed by atoms with Gasteiger partial charge in [0.15, 0.2) is 0 Å². The quantitative estimate of drug-likeness (QED) is 0.907. The zero-order valence-electron chi connectivity index (χ0n) is 13.9. The molecule has 3 rings (SSSR count). The van der Waals surface area contributed by atoms with E-state index in [2.05, 4.69) is 32.3 Å². The lowest BCUT2D eigenvalue weighted by Gasteiger charge is -2.35. The van der Waals surface area contributed by atoms with E-state index in [9.17, 15) is 4.79 Å². The smallest absolute Gasteiger partial charge is 0.324 e. The highest BCUT2D eigenvalue weighted by Gasteiger charge is 2.16. The third kappa shape index (κ3) is 4.23. The average molecular weight is 325 g/mol. The molecule has 2 amide bonds. The van der Waals surface area contributed by atoms with Crippen LogP contribution in [-0.2, 0) is 0 Å². The molecule has 6 nitrogen and oxygen atoms in total. The highest BCUT2D eigenvalue weighted by molar-refractivity contribution is 5.99. The van der Waals surface area contributed by atoms with Gasteiger partial charge in [0.05, 0.1) is 11.9 Å². The Hall–Kier alpha value is -2.60. The van der Waals surface area contributed by atoms with E-state index < -0.39 is 0 Å². The Morgan fingerprint density at radius 3 is 2.42 bits per heavy atom. The first-order valence-electron chi connectivity index (χ1n) is 8.31. The van der Waals surface area contributed by atoms with Gasteiger partial charge in [-0.05, 0) is 30.8 Å². The molecule has 1 saturated heterocycles. The van der Waals surface area contributed by atoms with Crippen molar-refractivity contribution < 1.29 is 4.79 Å². The topological polar surface area (TPSA) is 60.5 Å². The van der Waals surface area contributed by atoms with Crippen molar-refractivity contribution in [2.75, 3.05) is 48.3 Å². The molecule has 0 radical (unpaired) electrons. The van der Waals surface area contributed by atoms with Crippen molar-refractivity contribution in [1.82, 2.24) is 9.88 Å². The van der Waals surface area contributed by atoms with Gasteiger partial charge in [0, 0.05) is 31.9 Å². The van der Waals surface area contributed by atoms with E-state index >= 15 is 0 Å². The fourth-order valence-electron chi connectivity index (χ4n) is 2.77. The first kappa shape index (κ1) is 16.3. The van der Waals surface area contributed by atoms with Crippen LogP contribution in [0.2, 0.25) is 0 Å². The number of piperazine rings is 1. The molecule has 2 aromatic rings. The first-order chi connectivity index (χ1) is 11.7. The molecule has 1 aliphatic heterocycles. The van der Waals surface area contributed by atoms with Crippen molar-refractivity contribution in [2.24, 2.45) is 0 Å². The fraction of sp³-hybridized carbons (Fsp3) is 0.333. The van der Waals surface area contributed by atoms with E-state index in [1.165, 1.54) is 0 Å². The molecule has 2 heterocycles. The zero-order chi connectivity index (χ0) is 16.8. The summed E-state index contributed by atoms with van der Waals surface area (Å²) in [5, 5.41) is 5.52. The van der Waals surface area contributed by atoms with Crippen LogP contribution in [0.15, 0.2) is 48.7 Å². The lowest BCUT2D eigenvalue weighted by atomic mass is 10.2. The highest BCUT2D eigenvalue weighted by atomic mass is 16.2. The molecule has 0 bridgehead atoms. The number of amides is 2. The number of aromatic nitrogens is 1. The maximum absolute atomic E-state index is 12.0. The molecule has 0 aliphatic carbocycles. The number of urea groups is 1. The number of likely N-dealkylation sites (N-methyl/N-ethyl adjacent to an activating group) is 1. The lowest BCUT2D eigenvalue weighted by Crippen LogP contribution is -2.46. The van der Waals surface area contributed by atoms with Gasteiger partial charge in [-0.3, -0.25) is 5.32 Å². The third-order valence-electron chi connectivity index (χ3n) is 4.21. The third-order valence-corrected chi connectivity index (χ3v) is 4.21. The maximum Gasteiger partial charge on any atom is 0.324 e. The van der Waals surface area contributed by atoms with Crippen molar-refractivity contribution in [3.8, 4) is 0 Å². The number of nitrogens with one attached hydrogen (secondary N) is 2. The summed E-state index contributed by atoms with van der Waals surface area (Å²) >= 11 is 0. The van der Waals surface area contributed by atoms with Gasteiger partial charge in [0.25, 0.3) is 0 Å². The Morgan fingerprint density at radius 1 is 1.04 bits per heavy atom. The van der Waals surface area contributed by atoms with Crippen LogP contribution < -0.4 is 15.5 Å². The Balaban J connectivity index is 1.54. The van der Waals surface area contributed by atoms with Crippen molar-refractivity contribution >= 4 is 23.2 Å². The molecule has 0 spiro atoms. The fourth-order valence-corrected chi connectivity index (χ4v) is 2.77. The van der Waals surface area contributed by atoms with Gasteiger partial charge < -0.3 is 15.1 Å². The van der Waals surface area contributed by atoms with E-state index in [-0.39, 0.29) is 6.03 Å². The summed E-state index contributed by atoms with van der Waals surface area (Å²) in [6.45, 7) is 7.48. The molecule has 0 unspecified atom stereocenters. The molecule has 0 saturated carbocycles. The minimum atomic E-state index is -0.294. The van der Waals surface area contributed by atoms with Crippen LogP contribution in [0.1, 0.15) is 6.92 Å². The Bertz CT molecular complexity index is 651. The summed E-state index contributed by atoms with van der Waals surface area (Å²) in [4.78, 5) is 21.1. The molecular formula is C18H23N5O. The van der Waals surface area contributed by atoms with Gasteiger partial charge in [-0.2, -0.15) is 0 Å². The number of carbonyl (C=O) groups excluding carboxylic acids is 1. The number of hydrogen-bond acceptors (Lipinski definition) is 4. The van der Waals surface area contributed by atoms with Crippen LogP contribution in [0.3, 0.4) is 0 Å². The summed E-state index contributed by atoms with van der Waals surface area (Å²) in [5.41, 5.74) is 1.85. The van der Waals surface area contributed by atoms with Gasteiger partial charge in [-0.1, -0.05) is 25.1 Å². The summed E-state index contributed by atoms with van der Waals surface area (Å²) in [7, 11) is 0. The number of benzene rings is 1. The number of para-hydroxylation sites is 1.